The minimum Gasteiger partial charge on any atom is -0.326 e. The summed E-state index contributed by atoms with van der Waals surface area (Å²) in [6.07, 6.45) is 1.62. The Labute approximate surface area is 89.5 Å². The van der Waals surface area contributed by atoms with E-state index in [-0.39, 0.29) is 24.5 Å². The molecule has 1 aromatic heterocycles. The van der Waals surface area contributed by atoms with E-state index in [1.165, 1.54) is 4.68 Å². The van der Waals surface area contributed by atoms with E-state index in [0.717, 1.165) is 0 Å². The molecule has 0 aliphatic carbocycles. The SMILES string of the molecule is CC(C)Cn1nccc(CN)c1=O.Cl. The lowest BCUT2D eigenvalue weighted by molar-refractivity contribution is 0.461. The van der Waals surface area contributed by atoms with E-state index in [1.54, 1.807) is 12.3 Å². The van der Waals surface area contributed by atoms with Gasteiger partial charge in [0.1, 0.15) is 0 Å². The fraction of sp³-hybridized carbons (Fsp3) is 0.556. The molecule has 2 N–H and O–H groups in total. The van der Waals surface area contributed by atoms with Gasteiger partial charge in [0, 0.05) is 24.8 Å². The summed E-state index contributed by atoms with van der Waals surface area (Å²) in [4.78, 5) is 11.6. The predicted octanol–water partition coefficient (Wildman–Crippen LogP) is 0.780. The molecule has 4 nitrogen and oxygen atoms in total. The zero-order chi connectivity index (χ0) is 9.84. The average Bonchev–Trinajstić information content (AvgIpc) is 2.08. The van der Waals surface area contributed by atoms with Crippen molar-refractivity contribution in [2.24, 2.45) is 11.7 Å². The van der Waals surface area contributed by atoms with Crippen LogP contribution in [0.3, 0.4) is 0 Å². The monoisotopic (exact) mass is 217 g/mol. The summed E-state index contributed by atoms with van der Waals surface area (Å²) < 4.78 is 1.47. The highest BCUT2D eigenvalue weighted by molar-refractivity contribution is 5.85. The molecule has 1 rings (SSSR count). The molecule has 0 saturated heterocycles. The van der Waals surface area contributed by atoms with E-state index in [0.29, 0.717) is 18.0 Å². The maximum atomic E-state index is 11.6. The maximum absolute atomic E-state index is 11.6. The molecule has 1 aromatic rings. The van der Waals surface area contributed by atoms with Crippen molar-refractivity contribution >= 4 is 12.4 Å². The van der Waals surface area contributed by atoms with Gasteiger partial charge in [-0.3, -0.25) is 4.79 Å². The first-order valence-electron chi connectivity index (χ1n) is 4.40. The highest BCUT2D eigenvalue weighted by Gasteiger charge is 2.03. The zero-order valence-electron chi connectivity index (χ0n) is 8.43. The Bertz CT molecular complexity index is 335. The molecule has 0 radical (unpaired) electrons. The number of aromatic nitrogens is 2. The minimum absolute atomic E-state index is 0. The lowest BCUT2D eigenvalue weighted by atomic mass is 10.2. The molecule has 5 heteroatoms. The highest BCUT2D eigenvalue weighted by Crippen LogP contribution is 1.94. The Kier molecular flexibility index (Phi) is 5.42. The average molecular weight is 218 g/mol. The van der Waals surface area contributed by atoms with E-state index in [1.807, 2.05) is 13.8 Å². The number of halogens is 1. The van der Waals surface area contributed by atoms with Gasteiger partial charge in [0.05, 0.1) is 0 Å². The molecule has 0 fully saturated rings. The molecule has 0 unspecified atom stereocenters. The van der Waals surface area contributed by atoms with Crippen LogP contribution in [0.5, 0.6) is 0 Å². The molecule has 80 valence electrons. The first-order chi connectivity index (χ1) is 6.15. The smallest absolute Gasteiger partial charge is 0.271 e. The molecule has 14 heavy (non-hydrogen) atoms. The summed E-state index contributed by atoms with van der Waals surface area (Å²) >= 11 is 0. The van der Waals surface area contributed by atoms with Gasteiger partial charge < -0.3 is 5.73 Å². The Morgan fingerprint density at radius 1 is 1.57 bits per heavy atom. The molecule has 0 amide bonds. The molecule has 0 atom stereocenters. The summed E-state index contributed by atoms with van der Waals surface area (Å²) in [5.41, 5.74) is 5.96. The van der Waals surface area contributed by atoms with Crippen molar-refractivity contribution in [1.82, 2.24) is 9.78 Å². The summed E-state index contributed by atoms with van der Waals surface area (Å²) in [5, 5.41) is 3.98. The summed E-state index contributed by atoms with van der Waals surface area (Å²) in [5.74, 6) is 0.415. The van der Waals surface area contributed by atoms with Crippen molar-refractivity contribution in [3.8, 4) is 0 Å². The van der Waals surface area contributed by atoms with Crippen LogP contribution in [0.1, 0.15) is 19.4 Å². The zero-order valence-corrected chi connectivity index (χ0v) is 9.25. The van der Waals surface area contributed by atoms with Crippen LogP contribution in [0.4, 0.5) is 0 Å². The largest absolute Gasteiger partial charge is 0.326 e. The van der Waals surface area contributed by atoms with Gasteiger partial charge in [-0.15, -0.1) is 12.4 Å². The molecule has 0 aromatic carbocycles. The van der Waals surface area contributed by atoms with Gasteiger partial charge in [0.15, 0.2) is 0 Å². The third-order valence-corrected chi connectivity index (χ3v) is 1.75. The van der Waals surface area contributed by atoms with Crippen LogP contribution in [0.25, 0.3) is 0 Å². The summed E-state index contributed by atoms with van der Waals surface area (Å²) in [7, 11) is 0. The van der Waals surface area contributed by atoms with Crippen LogP contribution in [-0.4, -0.2) is 9.78 Å². The number of rotatable bonds is 3. The van der Waals surface area contributed by atoms with E-state index in [2.05, 4.69) is 5.10 Å². The van der Waals surface area contributed by atoms with E-state index in [4.69, 9.17) is 5.73 Å². The van der Waals surface area contributed by atoms with Gasteiger partial charge in [-0.1, -0.05) is 13.8 Å². The van der Waals surface area contributed by atoms with E-state index < -0.39 is 0 Å². The van der Waals surface area contributed by atoms with Crippen molar-refractivity contribution in [2.45, 2.75) is 26.9 Å². The van der Waals surface area contributed by atoms with Crippen molar-refractivity contribution in [1.29, 1.82) is 0 Å². The van der Waals surface area contributed by atoms with Gasteiger partial charge in [-0.25, -0.2) is 4.68 Å². The molecule has 1 heterocycles. The van der Waals surface area contributed by atoms with Crippen LogP contribution in [0.15, 0.2) is 17.1 Å². The number of hydrogen-bond donors (Lipinski definition) is 1. The number of nitrogens with zero attached hydrogens (tertiary/aromatic N) is 2. The Morgan fingerprint density at radius 3 is 2.71 bits per heavy atom. The van der Waals surface area contributed by atoms with Crippen LogP contribution < -0.4 is 11.3 Å². The van der Waals surface area contributed by atoms with E-state index in [9.17, 15) is 4.79 Å². The molecule has 0 aliphatic rings. The lowest BCUT2D eigenvalue weighted by Gasteiger charge is -2.07. The highest BCUT2D eigenvalue weighted by atomic mass is 35.5. The van der Waals surface area contributed by atoms with Crippen LogP contribution in [0, 0.1) is 5.92 Å². The topological polar surface area (TPSA) is 60.9 Å². The fourth-order valence-corrected chi connectivity index (χ4v) is 1.12. The third-order valence-electron chi connectivity index (χ3n) is 1.75. The normalized spacial score (nSPS) is 10.0. The second-order valence-electron chi connectivity index (χ2n) is 3.44. The Morgan fingerprint density at radius 2 is 2.21 bits per heavy atom. The first-order valence-corrected chi connectivity index (χ1v) is 4.40. The van der Waals surface area contributed by atoms with Crippen molar-refractivity contribution < 1.29 is 0 Å². The van der Waals surface area contributed by atoms with Gasteiger partial charge in [-0.2, -0.15) is 5.10 Å². The van der Waals surface area contributed by atoms with Crippen LogP contribution in [-0.2, 0) is 13.1 Å². The van der Waals surface area contributed by atoms with Gasteiger partial charge in [0.25, 0.3) is 5.56 Å². The maximum Gasteiger partial charge on any atom is 0.271 e. The summed E-state index contributed by atoms with van der Waals surface area (Å²) in [6, 6.07) is 1.67. The van der Waals surface area contributed by atoms with E-state index >= 15 is 0 Å². The Hall–Kier alpha value is -0.870. The van der Waals surface area contributed by atoms with Gasteiger partial charge in [0.2, 0.25) is 0 Å². The van der Waals surface area contributed by atoms with Crippen molar-refractivity contribution in [3.05, 3.63) is 28.2 Å². The second kappa shape index (κ2) is 5.78. The Balaban J connectivity index is 0.00000169. The lowest BCUT2D eigenvalue weighted by Crippen LogP contribution is -2.28. The summed E-state index contributed by atoms with van der Waals surface area (Å²) in [6.45, 7) is 5.01. The van der Waals surface area contributed by atoms with Crippen molar-refractivity contribution in [3.63, 3.8) is 0 Å². The van der Waals surface area contributed by atoms with Gasteiger partial charge >= 0.3 is 0 Å². The first kappa shape index (κ1) is 13.1. The van der Waals surface area contributed by atoms with Crippen LogP contribution in [0.2, 0.25) is 0 Å². The van der Waals surface area contributed by atoms with Crippen molar-refractivity contribution in [2.75, 3.05) is 0 Å². The fourth-order valence-electron chi connectivity index (χ4n) is 1.12. The molecular weight excluding hydrogens is 202 g/mol. The quantitative estimate of drug-likeness (QED) is 0.814. The molecular formula is C9H16ClN3O. The predicted molar refractivity (Wildman–Crippen MR) is 58.5 cm³/mol. The molecule has 0 spiro atoms. The number of nitrogens with two attached hydrogens (primary N) is 1. The molecule has 0 aliphatic heterocycles. The minimum atomic E-state index is -0.0706. The standard InChI is InChI=1S/C9H15N3O.ClH/c1-7(2)6-12-9(13)8(5-10)3-4-11-12;/h3-4,7H,5-6,10H2,1-2H3;1H. The molecule has 0 bridgehead atoms. The number of hydrogen-bond acceptors (Lipinski definition) is 3. The molecule has 0 saturated carbocycles. The third kappa shape index (κ3) is 3.12. The second-order valence-corrected chi connectivity index (χ2v) is 3.44. The van der Waals surface area contributed by atoms with Gasteiger partial charge in [-0.05, 0) is 12.0 Å². The van der Waals surface area contributed by atoms with Crippen LogP contribution >= 0.6 is 12.4 Å².